The standard InChI is InChI=1S/C22H29FN4O2/c1-17-6-10-19(11-7-17)26-22(29)27(20-12-8-18(23)9-13-20)16-15-25-21(28)5-3-2-4-14-24/h6-13H,2-5,14-16,24H2,1H3,(H,25,28)(H,26,29)/p+1. The van der Waals surface area contributed by atoms with E-state index < -0.39 is 0 Å². The van der Waals surface area contributed by atoms with E-state index in [1.165, 1.54) is 17.0 Å². The number of anilines is 2. The number of nitrogens with one attached hydrogen (secondary N) is 2. The second kappa shape index (κ2) is 11.8. The lowest BCUT2D eigenvalue weighted by molar-refractivity contribution is -0.368. The van der Waals surface area contributed by atoms with Gasteiger partial charge in [-0.1, -0.05) is 17.7 Å². The van der Waals surface area contributed by atoms with Gasteiger partial charge in [-0.25, -0.2) is 9.18 Å². The number of rotatable bonds is 10. The highest BCUT2D eigenvalue weighted by atomic mass is 19.1. The van der Waals surface area contributed by atoms with Crippen molar-refractivity contribution in [3.63, 3.8) is 0 Å². The Hall–Kier alpha value is -2.93. The number of carbonyl (C=O) groups excluding carboxylic acids is 2. The zero-order chi connectivity index (χ0) is 21.1. The van der Waals surface area contributed by atoms with Crippen molar-refractivity contribution in [3.8, 4) is 0 Å². The van der Waals surface area contributed by atoms with Gasteiger partial charge in [-0.2, -0.15) is 0 Å². The molecule has 29 heavy (non-hydrogen) atoms. The summed E-state index contributed by atoms with van der Waals surface area (Å²) in [4.78, 5) is 26.3. The molecule has 0 radical (unpaired) electrons. The van der Waals surface area contributed by atoms with E-state index in [2.05, 4.69) is 16.4 Å². The molecule has 0 fully saturated rings. The first-order valence-corrected chi connectivity index (χ1v) is 9.96. The fourth-order valence-electron chi connectivity index (χ4n) is 2.83. The Morgan fingerprint density at radius 2 is 1.69 bits per heavy atom. The number of urea groups is 1. The van der Waals surface area contributed by atoms with Crippen LogP contribution in [0.5, 0.6) is 0 Å². The quantitative estimate of drug-likeness (QED) is 0.534. The van der Waals surface area contributed by atoms with Crippen molar-refractivity contribution in [2.75, 3.05) is 29.9 Å². The van der Waals surface area contributed by atoms with Crippen molar-refractivity contribution in [1.29, 1.82) is 0 Å². The van der Waals surface area contributed by atoms with Gasteiger partial charge < -0.3 is 16.4 Å². The van der Waals surface area contributed by atoms with E-state index in [1.807, 2.05) is 31.2 Å². The number of hydrogen-bond donors (Lipinski definition) is 3. The Morgan fingerprint density at radius 3 is 2.34 bits per heavy atom. The Labute approximate surface area is 171 Å². The number of quaternary nitrogens is 1. The summed E-state index contributed by atoms with van der Waals surface area (Å²) in [7, 11) is 0. The van der Waals surface area contributed by atoms with Crippen LogP contribution in [0.1, 0.15) is 31.2 Å². The van der Waals surface area contributed by atoms with Gasteiger partial charge in [0, 0.05) is 30.9 Å². The topological polar surface area (TPSA) is 89.1 Å². The first kappa shape index (κ1) is 22.4. The first-order valence-electron chi connectivity index (χ1n) is 9.96. The molecule has 0 unspecified atom stereocenters. The van der Waals surface area contributed by atoms with Crippen LogP contribution in [0.25, 0.3) is 0 Å². The van der Waals surface area contributed by atoms with Crippen LogP contribution in [0.2, 0.25) is 0 Å². The fourth-order valence-corrected chi connectivity index (χ4v) is 2.83. The van der Waals surface area contributed by atoms with Crippen molar-refractivity contribution < 1.29 is 19.7 Å². The molecule has 2 aromatic carbocycles. The Kier molecular flexibility index (Phi) is 9.11. The summed E-state index contributed by atoms with van der Waals surface area (Å²) in [5, 5.41) is 5.69. The van der Waals surface area contributed by atoms with Gasteiger partial charge in [0.25, 0.3) is 0 Å². The zero-order valence-electron chi connectivity index (χ0n) is 16.9. The highest BCUT2D eigenvalue weighted by Gasteiger charge is 2.16. The van der Waals surface area contributed by atoms with Gasteiger partial charge in [0.2, 0.25) is 5.91 Å². The maximum atomic E-state index is 13.3. The van der Waals surface area contributed by atoms with Crippen LogP contribution in [-0.4, -0.2) is 31.6 Å². The van der Waals surface area contributed by atoms with Gasteiger partial charge in [0.1, 0.15) is 5.82 Å². The third-order valence-corrected chi connectivity index (χ3v) is 4.50. The monoisotopic (exact) mass is 401 g/mol. The normalized spacial score (nSPS) is 10.4. The highest BCUT2D eigenvalue weighted by Crippen LogP contribution is 2.17. The summed E-state index contributed by atoms with van der Waals surface area (Å²) in [5.74, 6) is -0.407. The number of hydrogen-bond acceptors (Lipinski definition) is 2. The average molecular weight is 402 g/mol. The molecule has 0 aliphatic carbocycles. The first-order chi connectivity index (χ1) is 14.0. The maximum absolute atomic E-state index is 13.3. The summed E-state index contributed by atoms with van der Waals surface area (Å²) in [6.07, 6.45) is 3.30. The van der Waals surface area contributed by atoms with Crippen LogP contribution in [0.4, 0.5) is 20.6 Å². The summed E-state index contributed by atoms with van der Waals surface area (Å²) < 4.78 is 13.3. The van der Waals surface area contributed by atoms with Crippen molar-refractivity contribution in [2.24, 2.45) is 0 Å². The molecule has 0 saturated heterocycles. The zero-order valence-corrected chi connectivity index (χ0v) is 16.9. The van der Waals surface area contributed by atoms with E-state index >= 15 is 0 Å². The molecule has 2 rings (SSSR count). The van der Waals surface area contributed by atoms with Crippen molar-refractivity contribution in [2.45, 2.75) is 32.6 Å². The van der Waals surface area contributed by atoms with E-state index in [4.69, 9.17) is 0 Å². The molecule has 0 bridgehead atoms. The summed E-state index contributed by atoms with van der Waals surface area (Å²) in [6.45, 7) is 3.43. The second-order valence-electron chi connectivity index (χ2n) is 6.94. The molecule has 0 heterocycles. The molecule has 3 amide bonds. The smallest absolute Gasteiger partial charge is 0.326 e. The third-order valence-electron chi connectivity index (χ3n) is 4.50. The number of amides is 3. The van der Waals surface area contributed by atoms with Crippen LogP contribution in [0, 0.1) is 12.7 Å². The minimum absolute atomic E-state index is 0.0351. The number of unbranched alkanes of at least 4 members (excludes halogenated alkanes) is 2. The van der Waals surface area contributed by atoms with Crippen LogP contribution in [-0.2, 0) is 4.79 Å². The summed E-state index contributed by atoms with van der Waals surface area (Å²) >= 11 is 0. The molecule has 0 aromatic heterocycles. The van der Waals surface area contributed by atoms with E-state index in [-0.39, 0.29) is 24.3 Å². The maximum Gasteiger partial charge on any atom is 0.326 e. The third kappa shape index (κ3) is 7.91. The average Bonchev–Trinajstić information content (AvgIpc) is 2.71. The van der Waals surface area contributed by atoms with Crippen LogP contribution < -0.4 is 21.3 Å². The van der Waals surface area contributed by atoms with Gasteiger partial charge in [-0.3, -0.25) is 9.69 Å². The van der Waals surface area contributed by atoms with E-state index in [1.54, 1.807) is 12.1 Å². The number of nitrogens with zero attached hydrogens (tertiary/aromatic N) is 1. The molecular formula is C22H30FN4O2+. The van der Waals surface area contributed by atoms with E-state index in [0.29, 0.717) is 24.3 Å². The van der Waals surface area contributed by atoms with Crippen molar-refractivity contribution in [1.82, 2.24) is 5.32 Å². The second-order valence-corrected chi connectivity index (χ2v) is 6.94. The van der Waals surface area contributed by atoms with Gasteiger partial charge in [0.05, 0.1) is 6.54 Å². The number of carbonyl (C=O) groups is 2. The Bertz CT molecular complexity index is 778. The van der Waals surface area contributed by atoms with E-state index in [9.17, 15) is 14.0 Å². The van der Waals surface area contributed by atoms with Gasteiger partial charge >= 0.3 is 6.03 Å². The minimum Gasteiger partial charge on any atom is -0.358 e. The molecule has 0 aliphatic heterocycles. The molecule has 5 N–H and O–H groups in total. The van der Waals surface area contributed by atoms with Crippen LogP contribution >= 0.6 is 0 Å². The number of benzene rings is 2. The molecule has 0 spiro atoms. The van der Waals surface area contributed by atoms with Gasteiger partial charge in [-0.15, -0.1) is 0 Å². The molecular weight excluding hydrogens is 371 g/mol. The predicted molar refractivity (Wildman–Crippen MR) is 113 cm³/mol. The fraction of sp³-hybridized carbons (Fsp3) is 0.364. The number of aryl methyl sites for hydroxylation is 1. The van der Waals surface area contributed by atoms with Crippen molar-refractivity contribution in [3.05, 3.63) is 59.9 Å². The molecule has 0 aliphatic rings. The van der Waals surface area contributed by atoms with Gasteiger partial charge in [-0.05, 0) is 62.6 Å². The van der Waals surface area contributed by atoms with Crippen LogP contribution in [0.3, 0.4) is 0 Å². The lowest BCUT2D eigenvalue weighted by Crippen LogP contribution is -2.50. The molecule has 2 aromatic rings. The SMILES string of the molecule is Cc1ccc(NC(=O)N(CCNC(=O)CCCCC[NH3+])c2ccc(F)cc2)cc1. The highest BCUT2D eigenvalue weighted by molar-refractivity contribution is 6.01. The summed E-state index contributed by atoms with van der Waals surface area (Å²) in [6, 6.07) is 12.8. The Morgan fingerprint density at radius 1 is 1.00 bits per heavy atom. The lowest BCUT2D eigenvalue weighted by atomic mass is 10.2. The molecule has 7 heteroatoms. The predicted octanol–water partition coefficient (Wildman–Crippen LogP) is 3.09. The van der Waals surface area contributed by atoms with Crippen molar-refractivity contribution >= 4 is 23.3 Å². The largest absolute Gasteiger partial charge is 0.358 e. The molecule has 0 saturated carbocycles. The lowest BCUT2D eigenvalue weighted by Gasteiger charge is -2.23. The molecule has 6 nitrogen and oxygen atoms in total. The van der Waals surface area contributed by atoms with Crippen LogP contribution in [0.15, 0.2) is 48.5 Å². The number of halogens is 1. The molecule has 156 valence electrons. The molecule has 0 atom stereocenters. The van der Waals surface area contributed by atoms with Gasteiger partial charge in [0.15, 0.2) is 0 Å². The van der Waals surface area contributed by atoms with E-state index in [0.717, 1.165) is 31.4 Å². The minimum atomic E-state index is -0.372. The summed E-state index contributed by atoms with van der Waals surface area (Å²) in [5.41, 5.74) is 6.11. The Balaban J connectivity index is 1.96.